The second-order valence-corrected chi connectivity index (χ2v) is 7.76. The molecule has 3 aromatic rings. The number of nitrogens with zero attached hydrogens (tertiary/aromatic N) is 2. The monoisotopic (exact) mass is 379 g/mol. The standard InChI is InChI=1S/C22H25N3O3/c1-22(2,3)16-12-13-18(26)17(14-16)23-19(27)10-7-11-20-24-21(25-28-20)15-8-5-4-6-9-15/h4-6,8-9,12-14,26H,7,10-11H2,1-3H3,(H,23,27). The molecule has 0 aliphatic heterocycles. The van der Waals surface area contributed by atoms with Crippen LogP contribution >= 0.6 is 0 Å². The first-order chi connectivity index (χ1) is 13.3. The molecule has 0 saturated carbocycles. The van der Waals surface area contributed by atoms with E-state index in [1.54, 1.807) is 6.07 Å². The summed E-state index contributed by atoms with van der Waals surface area (Å²) in [7, 11) is 0. The number of nitrogens with one attached hydrogen (secondary N) is 1. The molecule has 6 heteroatoms. The maximum Gasteiger partial charge on any atom is 0.226 e. The fraction of sp³-hybridized carbons (Fsp3) is 0.318. The molecule has 3 rings (SSSR count). The van der Waals surface area contributed by atoms with Crippen molar-refractivity contribution in [3.63, 3.8) is 0 Å². The predicted molar refractivity (Wildman–Crippen MR) is 108 cm³/mol. The van der Waals surface area contributed by atoms with Crippen molar-refractivity contribution in [3.8, 4) is 17.1 Å². The topological polar surface area (TPSA) is 88.2 Å². The maximum atomic E-state index is 12.3. The molecule has 0 aliphatic rings. The second kappa shape index (κ2) is 8.25. The number of anilines is 1. The van der Waals surface area contributed by atoms with Crippen molar-refractivity contribution >= 4 is 11.6 Å². The Balaban J connectivity index is 1.54. The number of phenols is 1. The van der Waals surface area contributed by atoms with E-state index in [1.165, 1.54) is 0 Å². The van der Waals surface area contributed by atoms with Gasteiger partial charge in [-0.25, -0.2) is 0 Å². The SMILES string of the molecule is CC(C)(C)c1ccc(O)c(NC(=O)CCCc2nc(-c3ccccc3)no2)c1. The highest BCUT2D eigenvalue weighted by atomic mass is 16.5. The van der Waals surface area contributed by atoms with E-state index in [2.05, 4.69) is 36.2 Å². The van der Waals surface area contributed by atoms with E-state index in [0.717, 1.165) is 11.1 Å². The summed E-state index contributed by atoms with van der Waals surface area (Å²) in [5, 5.41) is 16.8. The normalized spacial score (nSPS) is 11.4. The van der Waals surface area contributed by atoms with Gasteiger partial charge in [0.25, 0.3) is 0 Å². The van der Waals surface area contributed by atoms with Crippen LogP contribution in [0.4, 0.5) is 5.69 Å². The summed E-state index contributed by atoms with van der Waals surface area (Å²) in [5.74, 6) is 0.947. The minimum Gasteiger partial charge on any atom is -0.506 e. The number of carbonyl (C=O) groups excluding carboxylic acids is 1. The maximum absolute atomic E-state index is 12.3. The number of phenolic OH excluding ortho intramolecular Hbond substituents is 1. The van der Waals surface area contributed by atoms with Gasteiger partial charge in [0.05, 0.1) is 5.69 Å². The highest BCUT2D eigenvalue weighted by molar-refractivity contribution is 5.92. The summed E-state index contributed by atoms with van der Waals surface area (Å²) >= 11 is 0. The Morgan fingerprint density at radius 1 is 1.14 bits per heavy atom. The van der Waals surface area contributed by atoms with Crippen LogP contribution in [0.3, 0.4) is 0 Å². The van der Waals surface area contributed by atoms with Gasteiger partial charge in [-0.15, -0.1) is 0 Å². The average molecular weight is 379 g/mol. The van der Waals surface area contributed by atoms with Crippen LogP contribution in [0.5, 0.6) is 5.75 Å². The summed E-state index contributed by atoms with van der Waals surface area (Å²) in [6.45, 7) is 6.25. The van der Waals surface area contributed by atoms with Crippen molar-refractivity contribution in [1.29, 1.82) is 0 Å². The number of hydrogen-bond acceptors (Lipinski definition) is 5. The van der Waals surface area contributed by atoms with Crippen molar-refractivity contribution in [2.75, 3.05) is 5.32 Å². The Morgan fingerprint density at radius 3 is 2.61 bits per heavy atom. The molecule has 0 saturated heterocycles. The minimum atomic E-state index is -0.163. The quantitative estimate of drug-likeness (QED) is 0.606. The zero-order valence-electron chi connectivity index (χ0n) is 16.4. The van der Waals surface area contributed by atoms with Crippen LogP contribution in [0.15, 0.2) is 53.1 Å². The summed E-state index contributed by atoms with van der Waals surface area (Å²) in [6.07, 6.45) is 1.38. The van der Waals surface area contributed by atoms with Gasteiger partial charge in [0, 0.05) is 18.4 Å². The van der Waals surface area contributed by atoms with Crippen LogP contribution in [0.25, 0.3) is 11.4 Å². The third-order valence-corrected chi connectivity index (χ3v) is 4.43. The predicted octanol–water partition coefficient (Wildman–Crippen LogP) is 4.70. The summed E-state index contributed by atoms with van der Waals surface area (Å²) in [5.41, 5.74) is 2.30. The van der Waals surface area contributed by atoms with Gasteiger partial charge in [-0.3, -0.25) is 4.79 Å². The third-order valence-electron chi connectivity index (χ3n) is 4.43. The fourth-order valence-electron chi connectivity index (χ4n) is 2.78. The highest BCUT2D eigenvalue weighted by Gasteiger charge is 2.16. The van der Waals surface area contributed by atoms with Gasteiger partial charge in [0.1, 0.15) is 5.75 Å². The van der Waals surface area contributed by atoms with E-state index in [9.17, 15) is 9.90 Å². The fourth-order valence-corrected chi connectivity index (χ4v) is 2.78. The molecule has 0 bridgehead atoms. The molecule has 0 fully saturated rings. The van der Waals surface area contributed by atoms with Crippen LogP contribution in [0, 0.1) is 0 Å². The van der Waals surface area contributed by atoms with Gasteiger partial charge in [0.2, 0.25) is 17.6 Å². The lowest BCUT2D eigenvalue weighted by Crippen LogP contribution is -2.14. The summed E-state index contributed by atoms with van der Waals surface area (Å²) in [4.78, 5) is 16.6. The van der Waals surface area contributed by atoms with Crippen molar-refractivity contribution in [2.45, 2.75) is 45.4 Å². The molecule has 1 amide bonds. The molecule has 1 aromatic heterocycles. The number of aromatic nitrogens is 2. The smallest absolute Gasteiger partial charge is 0.226 e. The van der Waals surface area contributed by atoms with Gasteiger partial charge in [-0.1, -0.05) is 62.3 Å². The molecular weight excluding hydrogens is 354 g/mol. The number of aryl methyl sites for hydroxylation is 1. The van der Waals surface area contributed by atoms with E-state index in [0.29, 0.717) is 36.7 Å². The summed E-state index contributed by atoms with van der Waals surface area (Å²) in [6, 6.07) is 14.9. The molecular formula is C22H25N3O3. The van der Waals surface area contributed by atoms with Crippen LogP contribution in [0.1, 0.15) is 45.1 Å². The molecule has 6 nitrogen and oxygen atoms in total. The number of amides is 1. The lowest BCUT2D eigenvalue weighted by atomic mass is 9.87. The lowest BCUT2D eigenvalue weighted by molar-refractivity contribution is -0.116. The molecule has 0 atom stereocenters. The Bertz CT molecular complexity index is 943. The van der Waals surface area contributed by atoms with E-state index < -0.39 is 0 Å². The number of benzene rings is 2. The Hall–Kier alpha value is -3.15. The Labute approximate surface area is 164 Å². The van der Waals surface area contributed by atoms with Crippen molar-refractivity contribution in [1.82, 2.24) is 10.1 Å². The van der Waals surface area contributed by atoms with Gasteiger partial charge in [-0.2, -0.15) is 4.98 Å². The second-order valence-electron chi connectivity index (χ2n) is 7.76. The van der Waals surface area contributed by atoms with Gasteiger partial charge in [0.15, 0.2) is 0 Å². The van der Waals surface area contributed by atoms with Crippen molar-refractivity contribution < 1.29 is 14.4 Å². The Morgan fingerprint density at radius 2 is 1.89 bits per heavy atom. The van der Waals surface area contributed by atoms with Gasteiger partial charge >= 0.3 is 0 Å². The lowest BCUT2D eigenvalue weighted by Gasteiger charge is -2.20. The zero-order chi connectivity index (χ0) is 20.1. The number of aromatic hydroxyl groups is 1. The molecule has 0 radical (unpaired) electrons. The Kier molecular flexibility index (Phi) is 5.78. The van der Waals surface area contributed by atoms with Gasteiger partial charge in [-0.05, 0) is 29.5 Å². The average Bonchev–Trinajstić information content (AvgIpc) is 3.12. The van der Waals surface area contributed by atoms with Crippen molar-refractivity contribution in [2.24, 2.45) is 0 Å². The molecule has 2 N–H and O–H groups in total. The van der Waals surface area contributed by atoms with Crippen LogP contribution in [-0.4, -0.2) is 21.2 Å². The van der Waals surface area contributed by atoms with E-state index in [1.807, 2.05) is 42.5 Å². The summed E-state index contributed by atoms with van der Waals surface area (Å²) < 4.78 is 5.26. The van der Waals surface area contributed by atoms with Gasteiger partial charge < -0.3 is 14.9 Å². The van der Waals surface area contributed by atoms with E-state index in [-0.39, 0.29) is 17.1 Å². The molecule has 0 spiro atoms. The van der Waals surface area contributed by atoms with E-state index in [4.69, 9.17) is 4.52 Å². The largest absolute Gasteiger partial charge is 0.506 e. The number of carbonyl (C=O) groups is 1. The first kappa shape index (κ1) is 19.6. The minimum absolute atomic E-state index is 0.0609. The molecule has 28 heavy (non-hydrogen) atoms. The first-order valence-electron chi connectivity index (χ1n) is 9.34. The van der Waals surface area contributed by atoms with Crippen LogP contribution in [-0.2, 0) is 16.6 Å². The molecule has 146 valence electrons. The third kappa shape index (κ3) is 4.97. The zero-order valence-corrected chi connectivity index (χ0v) is 16.4. The van der Waals surface area contributed by atoms with Crippen LogP contribution in [0.2, 0.25) is 0 Å². The van der Waals surface area contributed by atoms with Crippen molar-refractivity contribution in [3.05, 3.63) is 60.0 Å². The first-order valence-corrected chi connectivity index (χ1v) is 9.34. The molecule has 1 heterocycles. The molecule has 0 unspecified atom stereocenters. The molecule has 0 aliphatic carbocycles. The van der Waals surface area contributed by atoms with Crippen LogP contribution < -0.4 is 5.32 Å². The molecule has 2 aromatic carbocycles. The van der Waals surface area contributed by atoms with E-state index >= 15 is 0 Å². The number of rotatable bonds is 6. The number of hydrogen-bond donors (Lipinski definition) is 2. The highest BCUT2D eigenvalue weighted by Crippen LogP contribution is 2.30.